The van der Waals surface area contributed by atoms with Gasteiger partial charge in [-0.05, 0) is 17.7 Å². The highest BCUT2D eigenvalue weighted by Gasteiger charge is 2.36. The van der Waals surface area contributed by atoms with Crippen molar-refractivity contribution in [3.63, 3.8) is 0 Å². The highest BCUT2D eigenvalue weighted by Crippen LogP contribution is 2.37. The van der Waals surface area contributed by atoms with E-state index < -0.39 is 35.3 Å². The van der Waals surface area contributed by atoms with Crippen LogP contribution in [0.25, 0.3) is 0 Å². The lowest BCUT2D eigenvalue weighted by atomic mass is 9.98. The summed E-state index contributed by atoms with van der Waals surface area (Å²) in [6.07, 6.45) is -8.11. The molecule has 112 valence electrons. The van der Waals surface area contributed by atoms with Gasteiger partial charge in [-0.2, -0.15) is 13.2 Å². The molecule has 0 spiro atoms. The van der Waals surface area contributed by atoms with Gasteiger partial charge in [0.15, 0.2) is 5.12 Å². The van der Waals surface area contributed by atoms with Crippen molar-refractivity contribution < 1.29 is 33.3 Å². The van der Waals surface area contributed by atoms with Gasteiger partial charge in [0, 0.05) is 12.7 Å². The zero-order chi connectivity index (χ0) is 15.5. The number of phenolic OH excluding ortho intramolecular Hbond substituents is 1. The first-order valence-corrected chi connectivity index (χ1v) is 6.51. The van der Waals surface area contributed by atoms with Crippen molar-refractivity contribution in [1.29, 1.82) is 0 Å². The number of carbonyl (C=O) groups is 1. The second kappa shape index (κ2) is 6.47. The Morgan fingerprint density at radius 2 is 1.95 bits per heavy atom. The number of phenols is 1. The largest absolute Gasteiger partial charge is 0.508 e. The first-order chi connectivity index (χ1) is 9.12. The number of hydrogen-bond acceptors (Lipinski definition) is 5. The first kappa shape index (κ1) is 16.8. The molecule has 2 unspecified atom stereocenters. The number of hydrogen-bond donors (Lipinski definition) is 3. The van der Waals surface area contributed by atoms with Crippen LogP contribution in [0.2, 0.25) is 0 Å². The first-order valence-electron chi connectivity index (χ1n) is 5.52. The number of thioether (sulfide) groups is 1. The van der Waals surface area contributed by atoms with Crippen LogP contribution in [0.15, 0.2) is 18.2 Å². The van der Waals surface area contributed by atoms with Crippen LogP contribution in [0.1, 0.15) is 24.2 Å². The third kappa shape index (κ3) is 4.39. The highest BCUT2D eigenvalue weighted by atomic mass is 32.2. The van der Waals surface area contributed by atoms with Gasteiger partial charge in [0.05, 0.1) is 11.7 Å². The van der Waals surface area contributed by atoms with Crippen molar-refractivity contribution in [2.75, 3.05) is 5.75 Å². The molecule has 1 rings (SSSR count). The second-order valence-electron chi connectivity index (χ2n) is 4.08. The van der Waals surface area contributed by atoms with E-state index in [1.165, 1.54) is 6.92 Å². The summed E-state index contributed by atoms with van der Waals surface area (Å²) in [6.45, 7) is 1.24. The van der Waals surface area contributed by atoms with Gasteiger partial charge < -0.3 is 15.3 Å². The molecule has 0 fully saturated rings. The van der Waals surface area contributed by atoms with Gasteiger partial charge in [0.1, 0.15) is 11.9 Å². The molecule has 4 nitrogen and oxygen atoms in total. The Balaban J connectivity index is 3.03. The summed E-state index contributed by atoms with van der Waals surface area (Å²) in [5.41, 5.74) is -1.77. The summed E-state index contributed by atoms with van der Waals surface area (Å²) in [4.78, 5) is 10.7. The Morgan fingerprint density at radius 3 is 2.45 bits per heavy atom. The standard InChI is InChI=1S/C12H13F3O4S/c1-6(16)20-5-10(18)11(19)8-3-2-7(17)4-9(8)12(13,14)15/h2-4,10-11,17-19H,5H2,1H3. The van der Waals surface area contributed by atoms with Crippen molar-refractivity contribution in [2.45, 2.75) is 25.3 Å². The monoisotopic (exact) mass is 310 g/mol. The molecular weight excluding hydrogens is 297 g/mol. The van der Waals surface area contributed by atoms with Crippen LogP contribution >= 0.6 is 11.8 Å². The lowest BCUT2D eigenvalue weighted by Gasteiger charge is -2.21. The van der Waals surface area contributed by atoms with Gasteiger partial charge in [-0.3, -0.25) is 4.79 Å². The molecule has 0 bridgehead atoms. The summed E-state index contributed by atoms with van der Waals surface area (Å²) in [5, 5.41) is 28.2. The maximum Gasteiger partial charge on any atom is 0.416 e. The Bertz CT molecular complexity index is 490. The number of aliphatic hydroxyl groups is 2. The van der Waals surface area contributed by atoms with Crippen LogP contribution in [0, 0.1) is 0 Å². The van der Waals surface area contributed by atoms with Crippen molar-refractivity contribution >= 4 is 16.9 Å². The maximum atomic E-state index is 12.8. The van der Waals surface area contributed by atoms with E-state index in [2.05, 4.69) is 0 Å². The van der Waals surface area contributed by atoms with Crippen molar-refractivity contribution in [2.24, 2.45) is 0 Å². The molecule has 2 atom stereocenters. The minimum Gasteiger partial charge on any atom is -0.508 e. The van der Waals surface area contributed by atoms with Crippen LogP contribution in [0.3, 0.4) is 0 Å². The third-order valence-corrected chi connectivity index (χ3v) is 3.40. The topological polar surface area (TPSA) is 77.8 Å². The Labute approximate surface area is 117 Å². The van der Waals surface area contributed by atoms with E-state index in [-0.39, 0.29) is 10.9 Å². The van der Waals surface area contributed by atoms with E-state index >= 15 is 0 Å². The summed E-state index contributed by atoms with van der Waals surface area (Å²) < 4.78 is 38.4. The maximum absolute atomic E-state index is 12.8. The molecule has 0 saturated heterocycles. The molecule has 1 aromatic carbocycles. The SMILES string of the molecule is CC(=O)SCC(O)C(O)c1ccc(O)cc1C(F)(F)F. The number of halogens is 3. The molecular formula is C12H13F3O4S. The van der Waals surface area contributed by atoms with Gasteiger partial charge in [-0.25, -0.2) is 0 Å². The van der Waals surface area contributed by atoms with Gasteiger partial charge in [0.25, 0.3) is 0 Å². The minimum absolute atomic E-state index is 0.228. The minimum atomic E-state index is -4.78. The number of carbonyl (C=O) groups excluding carboxylic acids is 1. The average Bonchev–Trinajstić information content (AvgIpc) is 2.33. The summed E-state index contributed by atoms with van der Waals surface area (Å²) in [6, 6.07) is 2.35. The molecule has 0 heterocycles. The number of aromatic hydroxyl groups is 1. The fraction of sp³-hybridized carbons (Fsp3) is 0.417. The van der Waals surface area contributed by atoms with Gasteiger partial charge >= 0.3 is 6.18 Å². The molecule has 1 aromatic rings. The van der Waals surface area contributed by atoms with Crippen LogP contribution in [0.4, 0.5) is 13.2 Å². The van der Waals surface area contributed by atoms with E-state index in [0.29, 0.717) is 17.8 Å². The van der Waals surface area contributed by atoms with Crippen molar-refractivity contribution in [1.82, 2.24) is 0 Å². The van der Waals surface area contributed by atoms with Crippen LogP contribution in [-0.4, -0.2) is 32.3 Å². The number of rotatable bonds is 4. The van der Waals surface area contributed by atoms with Crippen LogP contribution in [0.5, 0.6) is 5.75 Å². The zero-order valence-electron chi connectivity index (χ0n) is 10.4. The van der Waals surface area contributed by atoms with Crippen molar-refractivity contribution in [3.8, 4) is 5.75 Å². The molecule has 0 aliphatic heterocycles. The van der Waals surface area contributed by atoms with Gasteiger partial charge in [0.2, 0.25) is 0 Å². The Hall–Kier alpha value is -1.25. The second-order valence-corrected chi connectivity index (χ2v) is 5.28. The lowest BCUT2D eigenvalue weighted by Crippen LogP contribution is -2.24. The number of benzene rings is 1. The predicted molar refractivity (Wildman–Crippen MR) is 67.2 cm³/mol. The normalized spacial score (nSPS) is 14.9. The van der Waals surface area contributed by atoms with E-state index in [1.54, 1.807) is 0 Å². The quantitative estimate of drug-likeness (QED) is 0.794. The predicted octanol–water partition coefficient (Wildman–Crippen LogP) is 2.08. The summed E-state index contributed by atoms with van der Waals surface area (Å²) in [5.74, 6) is -0.824. The summed E-state index contributed by atoms with van der Waals surface area (Å²) >= 11 is 0.699. The number of aliphatic hydroxyl groups excluding tert-OH is 2. The van der Waals surface area contributed by atoms with Crippen molar-refractivity contribution in [3.05, 3.63) is 29.3 Å². The lowest BCUT2D eigenvalue weighted by molar-refractivity contribution is -0.140. The smallest absolute Gasteiger partial charge is 0.416 e. The third-order valence-electron chi connectivity index (χ3n) is 2.48. The van der Waals surface area contributed by atoms with E-state index in [4.69, 9.17) is 5.11 Å². The zero-order valence-corrected chi connectivity index (χ0v) is 11.2. The Kier molecular flexibility index (Phi) is 5.43. The molecule has 0 saturated carbocycles. The molecule has 0 amide bonds. The van der Waals surface area contributed by atoms with Crippen LogP contribution < -0.4 is 0 Å². The van der Waals surface area contributed by atoms with E-state index in [9.17, 15) is 28.2 Å². The molecule has 0 radical (unpaired) electrons. The molecule has 3 N–H and O–H groups in total. The number of alkyl halides is 3. The van der Waals surface area contributed by atoms with Gasteiger partial charge in [-0.1, -0.05) is 17.8 Å². The van der Waals surface area contributed by atoms with Crippen LogP contribution in [-0.2, 0) is 11.0 Å². The fourth-order valence-corrected chi connectivity index (χ4v) is 2.14. The molecule has 0 aliphatic carbocycles. The Morgan fingerprint density at radius 1 is 1.35 bits per heavy atom. The highest BCUT2D eigenvalue weighted by molar-refractivity contribution is 8.13. The van der Waals surface area contributed by atoms with E-state index in [1.807, 2.05) is 0 Å². The summed E-state index contributed by atoms with van der Waals surface area (Å²) in [7, 11) is 0. The fourth-order valence-electron chi connectivity index (χ4n) is 1.55. The molecule has 20 heavy (non-hydrogen) atoms. The average molecular weight is 310 g/mol. The molecule has 0 aliphatic rings. The molecule has 0 aromatic heterocycles. The van der Waals surface area contributed by atoms with E-state index in [0.717, 1.165) is 12.1 Å². The molecule has 8 heteroatoms. The van der Waals surface area contributed by atoms with Gasteiger partial charge in [-0.15, -0.1) is 0 Å².